The molecule has 0 N–H and O–H groups in total. The van der Waals surface area contributed by atoms with E-state index in [0.29, 0.717) is 18.0 Å². The summed E-state index contributed by atoms with van der Waals surface area (Å²) in [6, 6.07) is 6.93. The van der Waals surface area contributed by atoms with E-state index in [4.69, 9.17) is 0 Å². The molecule has 0 bridgehead atoms. The van der Waals surface area contributed by atoms with Gasteiger partial charge in [-0.05, 0) is 51.2 Å². The number of rotatable bonds is 3. The number of nitrogens with zero attached hydrogens (tertiary/aromatic N) is 2. The van der Waals surface area contributed by atoms with Crippen LogP contribution in [0.2, 0.25) is 0 Å². The van der Waals surface area contributed by atoms with Gasteiger partial charge in [-0.15, -0.1) is 0 Å². The summed E-state index contributed by atoms with van der Waals surface area (Å²) in [4.78, 5) is 15.0. The number of piperidine rings is 2. The van der Waals surface area contributed by atoms with Gasteiger partial charge in [-0.2, -0.15) is 4.31 Å². The van der Waals surface area contributed by atoms with Crippen LogP contribution in [0.1, 0.15) is 37.7 Å². The smallest absolute Gasteiger partial charge is 0.243 e. The minimum Gasteiger partial charge on any atom is -0.342 e. The zero-order valence-corrected chi connectivity index (χ0v) is 15.1. The van der Waals surface area contributed by atoms with Crippen LogP contribution in [0.15, 0.2) is 29.2 Å². The van der Waals surface area contributed by atoms with Gasteiger partial charge in [-0.3, -0.25) is 4.79 Å². The molecule has 1 aromatic rings. The van der Waals surface area contributed by atoms with Crippen LogP contribution in [0.4, 0.5) is 0 Å². The molecular formula is C18H26N2O3S. The average Bonchev–Trinajstić information content (AvgIpc) is 2.62. The number of carbonyl (C=O) groups is 1. The predicted molar refractivity (Wildman–Crippen MR) is 93.1 cm³/mol. The first-order chi connectivity index (χ1) is 11.5. The topological polar surface area (TPSA) is 57.7 Å². The van der Waals surface area contributed by atoms with E-state index in [2.05, 4.69) is 0 Å². The molecule has 0 unspecified atom stereocenters. The maximum atomic E-state index is 12.8. The van der Waals surface area contributed by atoms with Gasteiger partial charge in [0, 0.05) is 26.2 Å². The molecule has 0 radical (unpaired) electrons. The SMILES string of the molecule is Cc1ccc(S(=O)(=O)N2CCC[C@H](C(=O)N3CCCCC3)C2)cc1. The molecule has 0 aromatic heterocycles. The Hall–Kier alpha value is -1.40. The zero-order chi connectivity index (χ0) is 17.2. The monoisotopic (exact) mass is 350 g/mol. The molecule has 2 heterocycles. The number of amides is 1. The number of carbonyl (C=O) groups excluding carboxylic acids is 1. The molecular weight excluding hydrogens is 324 g/mol. The van der Waals surface area contributed by atoms with Crippen molar-refractivity contribution in [3.63, 3.8) is 0 Å². The number of sulfonamides is 1. The third-order valence-electron chi connectivity index (χ3n) is 5.06. The summed E-state index contributed by atoms with van der Waals surface area (Å²) >= 11 is 0. The lowest BCUT2D eigenvalue weighted by Gasteiger charge is -2.35. The van der Waals surface area contributed by atoms with E-state index in [9.17, 15) is 13.2 Å². The first-order valence-corrected chi connectivity index (χ1v) is 10.3. The summed E-state index contributed by atoms with van der Waals surface area (Å²) in [5.41, 5.74) is 1.03. The first kappa shape index (κ1) is 17.4. The predicted octanol–water partition coefficient (Wildman–Crippen LogP) is 2.41. The molecule has 3 rings (SSSR count). The van der Waals surface area contributed by atoms with Crippen molar-refractivity contribution >= 4 is 15.9 Å². The summed E-state index contributed by atoms with van der Waals surface area (Å²) < 4.78 is 27.2. The minimum atomic E-state index is -3.51. The maximum absolute atomic E-state index is 12.8. The van der Waals surface area contributed by atoms with Gasteiger partial charge in [0.2, 0.25) is 15.9 Å². The molecule has 1 amide bonds. The minimum absolute atomic E-state index is 0.138. The molecule has 2 aliphatic heterocycles. The maximum Gasteiger partial charge on any atom is 0.243 e. The third-order valence-corrected chi connectivity index (χ3v) is 6.94. The summed E-state index contributed by atoms with van der Waals surface area (Å²) in [7, 11) is -3.51. The second-order valence-corrected chi connectivity index (χ2v) is 8.84. The van der Waals surface area contributed by atoms with Gasteiger partial charge in [0.25, 0.3) is 0 Å². The highest BCUT2D eigenvalue weighted by Crippen LogP contribution is 2.26. The van der Waals surface area contributed by atoms with Crippen LogP contribution in [0.5, 0.6) is 0 Å². The Morgan fingerprint density at radius 3 is 2.33 bits per heavy atom. The fourth-order valence-corrected chi connectivity index (χ4v) is 5.12. The first-order valence-electron chi connectivity index (χ1n) is 8.84. The van der Waals surface area contributed by atoms with E-state index in [1.165, 1.54) is 10.7 Å². The van der Waals surface area contributed by atoms with Gasteiger partial charge in [-0.1, -0.05) is 17.7 Å². The summed E-state index contributed by atoms with van der Waals surface area (Å²) in [6.07, 6.45) is 4.83. The number of likely N-dealkylation sites (tertiary alicyclic amines) is 1. The zero-order valence-electron chi connectivity index (χ0n) is 14.3. The van der Waals surface area contributed by atoms with Gasteiger partial charge in [-0.25, -0.2) is 8.42 Å². The quantitative estimate of drug-likeness (QED) is 0.841. The van der Waals surface area contributed by atoms with E-state index in [0.717, 1.165) is 44.3 Å². The van der Waals surface area contributed by atoms with E-state index in [1.54, 1.807) is 12.1 Å². The molecule has 2 fully saturated rings. The van der Waals surface area contributed by atoms with Crippen LogP contribution >= 0.6 is 0 Å². The molecule has 5 nitrogen and oxygen atoms in total. The van der Waals surface area contributed by atoms with Crippen LogP contribution in [-0.4, -0.2) is 49.7 Å². The molecule has 1 atom stereocenters. The van der Waals surface area contributed by atoms with Gasteiger partial charge in [0.05, 0.1) is 10.8 Å². The lowest BCUT2D eigenvalue weighted by Crippen LogP contribution is -2.47. The summed E-state index contributed by atoms with van der Waals surface area (Å²) in [5.74, 6) is -0.0596. The van der Waals surface area contributed by atoms with Gasteiger partial charge in [0.1, 0.15) is 0 Å². The Labute approximate surface area is 144 Å². The largest absolute Gasteiger partial charge is 0.342 e. The fraction of sp³-hybridized carbons (Fsp3) is 0.611. The van der Waals surface area contributed by atoms with Crippen LogP contribution < -0.4 is 0 Å². The summed E-state index contributed by atoms with van der Waals surface area (Å²) in [5, 5.41) is 0. The highest BCUT2D eigenvalue weighted by Gasteiger charge is 2.35. The highest BCUT2D eigenvalue weighted by atomic mass is 32.2. The van der Waals surface area contributed by atoms with Crippen LogP contribution in [0.25, 0.3) is 0 Å². The Balaban J connectivity index is 1.72. The molecule has 6 heteroatoms. The van der Waals surface area contributed by atoms with Crippen molar-refractivity contribution in [1.29, 1.82) is 0 Å². The van der Waals surface area contributed by atoms with Crippen molar-refractivity contribution < 1.29 is 13.2 Å². The lowest BCUT2D eigenvalue weighted by atomic mass is 9.97. The Morgan fingerprint density at radius 1 is 1.00 bits per heavy atom. The van der Waals surface area contributed by atoms with Crippen LogP contribution in [-0.2, 0) is 14.8 Å². The third kappa shape index (κ3) is 3.64. The fourth-order valence-electron chi connectivity index (χ4n) is 3.59. The van der Waals surface area contributed by atoms with E-state index in [-0.39, 0.29) is 11.8 Å². The summed E-state index contributed by atoms with van der Waals surface area (Å²) in [6.45, 7) is 4.39. The van der Waals surface area contributed by atoms with Crippen molar-refractivity contribution in [1.82, 2.24) is 9.21 Å². The molecule has 24 heavy (non-hydrogen) atoms. The van der Waals surface area contributed by atoms with Gasteiger partial charge in [0.15, 0.2) is 0 Å². The molecule has 0 aliphatic carbocycles. The number of hydrogen-bond acceptors (Lipinski definition) is 3. The normalized spacial score (nSPS) is 23.2. The highest BCUT2D eigenvalue weighted by molar-refractivity contribution is 7.89. The van der Waals surface area contributed by atoms with Crippen molar-refractivity contribution in [2.75, 3.05) is 26.2 Å². The van der Waals surface area contributed by atoms with E-state index >= 15 is 0 Å². The Bertz CT molecular complexity index is 679. The Kier molecular flexibility index (Phi) is 5.25. The molecule has 1 aromatic carbocycles. The average molecular weight is 350 g/mol. The number of benzene rings is 1. The van der Waals surface area contributed by atoms with Crippen molar-refractivity contribution in [2.45, 2.75) is 43.9 Å². The molecule has 2 saturated heterocycles. The van der Waals surface area contributed by atoms with Crippen LogP contribution in [0.3, 0.4) is 0 Å². The standard InChI is InChI=1S/C18H26N2O3S/c1-15-7-9-17(10-8-15)24(22,23)20-13-5-6-16(14-20)18(21)19-11-3-2-4-12-19/h7-10,16H,2-6,11-14H2,1H3/t16-/m0/s1. The van der Waals surface area contributed by atoms with E-state index in [1.807, 2.05) is 24.0 Å². The molecule has 2 aliphatic rings. The van der Waals surface area contributed by atoms with E-state index < -0.39 is 10.0 Å². The number of aryl methyl sites for hydroxylation is 1. The van der Waals surface area contributed by atoms with Crippen LogP contribution in [0, 0.1) is 12.8 Å². The van der Waals surface area contributed by atoms with Gasteiger partial charge < -0.3 is 4.90 Å². The van der Waals surface area contributed by atoms with Crippen molar-refractivity contribution in [3.05, 3.63) is 29.8 Å². The molecule has 0 spiro atoms. The van der Waals surface area contributed by atoms with Gasteiger partial charge >= 0.3 is 0 Å². The molecule has 132 valence electrons. The lowest BCUT2D eigenvalue weighted by molar-refractivity contribution is -0.137. The Morgan fingerprint density at radius 2 is 1.67 bits per heavy atom. The van der Waals surface area contributed by atoms with Crippen molar-refractivity contribution in [2.24, 2.45) is 5.92 Å². The second-order valence-electron chi connectivity index (χ2n) is 6.90. The molecule has 0 saturated carbocycles. The number of hydrogen-bond donors (Lipinski definition) is 0. The second kappa shape index (κ2) is 7.23. The van der Waals surface area contributed by atoms with Crippen molar-refractivity contribution in [3.8, 4) is 0 Å².